The molecule has 3 aliphatic heterocycles. The summed E-state index contributed by atoms with van der Waals surface area (Å²) in [4.78, 5) is 38.1. The molecule has 2 N–H and O–H groups in total. The smallest absolute Gasteiger partial charge is 0.255 e. The number of piperidine rings is 1. The van der Waals surface area contributed by atoms with E-state index in [0.29, 0.717) is 44.3 Å². The molecule has 0 bridgehead atoms. The lowest BCUT2D eigenvalue weighted by Crippen LogP contribution is -2.52. The summed E-state index contributed by atoms with van der Waals surface area (Å²) in [6.07, 6.45) is 4.70. The number of hydrogen-bond acceptors (Lipinski definition) is 5. The quantitative estimate of drug-likeness (QED) is 0.584. The number of carbonyl (C=O) groups excluding carboxylic acids is 3. The first kappa shape index (κ1) is 24.9. The van der Waals surface area contributed by atoms with Crippen molar-refractivity contribution in [3.05, 3.63) is 34.6 Å². The number of ether oxygens (including phenoxy) is 1. The third-order valence-corrected chi connectivity index (χ3v) is 9.19. The largest absolute Gasteiger partial charge is 0.376 e. The van der Waals surface area contributed by atoms with Gasteiger partial charge in [0.25, 0.3) is 11.8 Å². The highest BCUT2D eigenvalue weighted by atomic mass is 19.3. The second-order valence-corrected chi connectivity index (χ2v) is 11.4. The Morgan fingerprint density at radius 2 is 1.86 bits per heavy atom. The van der Waals surface area contributed by atoms with Crippen molar-refractivity contribution in [1.29, 1.82) is 0 Å². The zero-order valence-electron chi connectivity index (χ0n) is 20.7. The summed E-state index contributed by atoms with van der Waals surface area (Å²) >= 11 is 0. The first-order chi connectivity index (χ1) is 17.7. The van der Waals surface area contributed by atoms with E-state index in [9.17, 15) is 23.2 Å². The first-order valence-electron chi connectivity index (χ1n) is 13.4. The highest BCUT2D eigenvalue weighted by molar-refractivity contribution is 6.05. The normalized spacial score (nSPS) is 35.0. The monoisotopic (exact) mass is 519 g/mol. The number of nitrogens with one attached hydrogen (secondary N) is 2. The molecule has 4 fully saturated rings. The molecule has 2 aliphatic carbocycles. The van der Waals surface area contributed by atoms with Gasteiger partial charge in [-0.25, -0.2) is 13.2 Å². The fraction of sp³-hybridized carbons (Fsp3) is 0.667. The van der Waals surface area contributed by atoms with Crippen LogP contribution < -0.4 is 10.6 Å². The molecule has 10 heteroatoms. The molecule has 37 heavy (non-hydrogen) atoms. The van der Waals surface area contributed by atoms with Crippen LogP contribution in [0.4, 0.5) is 13.2 Å². The second-order valence-electron chi connectivity index (χ2n) is 11.4. The standard InChI is InChI=1S/C27H32F3N3O4/c28-23-15(3-4-17-18(23)13-33(25(17)36)20-5-6-22(34)32-24(20)35)12-21-19(2-1-11-37-21)31-16-7-9-26(10-8-16)14-27(26,29)30/h3-4,16,19-21,31H,1-2,5-14H2,(H,32,34,35)/t16-,19-,20?,21+,26-/m0/s1. The molecule has 0 aromatic heterocycles. The van der Waals surface area contributed by atoms with Crippen LogP contribution in [0.1, 0.15) is 79.3 Å². The second kappa shape index (κ2) is 9.08. The fourth-order valence-corrected chi connectivity index (χ4v) is 6.82. The van der Waals surface area contributed by atoms with Crippen molar-refractivity contribution in [2.24, 2.45) is 5.41 Å². The SMILES string of the molecule is O=C1CCC(N2Cc3c(ccc(C[C@H]4OCCC[C@@H]4N[C@H]4CC[C@]5(CC4)CC5(F)F)c3F)C2=O)C(=O)N1. The molecule has 2 saturated carbocycles. The Bertz CT molecular complexity index is 1130. The molecule has 0 radical (unpaired) electrons. The van der Waals surface area contributed by atoms with Crippen molar-refractivity contribution in [1.82, 2.24) is 15.5 Å². The van der Waals surface area contributed by atoms with E-state index < -0.39 is 35.0 Å². The van der Waals surface area contributed by atoms with E-state index in [1.165, 1.54) is 4.90 Å². The summed E-state index contributed by atoms with van der Waals surface area (Å²) in [6.45, 7) is 0.568. The van der Waals surface area contributed by atoms with Gasteiger partial charge in [0.1, 0.15) is 11.9 Å². The zero-order valence-corrected chi connectivity index (χ0v) is 20.7. The van der Waals surface area contributed by atoms with Crippen molar-refractivity contribution in [2.75, 3.05) is 6.61 Å². The average Bonchev–Trinajstić information content (AvgIpc) is 3.22. The maximum absolute atomic E-state index is 15.7. The van der Waals surface area contributed by atoms with Crippen LogP contribution in [0.2, 0.25) is 0 Å². The zero-order chi connectivity index (χ0) is 25.9. The number of amides is 3. The minimum atomic E-state index is -2.51. The van der Waals surface area contributed by atoms with Crippen LogP contribution in [-0.4, -0.2) is 59.4 Å². The van der Waals surface area contributed by atoms with Crippen LogP contribution in [-0.2, 0) is 27.3 Å². The maximum atomic E-state index is 15.7. The van der Waals surface area contributed by atoms with Gasteiger partial charge in [-0.2, -0.15) is 0 Å². The minimum absolute atomic E-state index is 0.00164. The Hall–Kier alpha value is -2.46. The molecule has 7 nitrogen and oxygen atoms in total. The Kier molecular flexibility index (Phi) is 6.10. The Morgan fingerprint density at radius 3 is 2.57 bits per heavy atom. The number of imide groups is 1. The molecule has 1 aromatic rings. The molecule has 1 unspecified atom stereocenters. The van der Waals surface area contributed by atoms with Gasteiger partial charge in [0.2, 0.25) is 11.8 Å². The third kappa shape index (κ3) is 4.35. The molecule has 1 aromatic carbocycles. The van der Waals surface area contributed by atoms with E-state index >= 15 is 4.39 Å². The lowest BCUT2D eigenvalue weighted by atomic mass is 9.82. The van der Waals surface area contributed by atoms with Gasteiger partial charge < -0.3 is 15.0 Å². The van der Waals surface area contributed by atoms with Gasteiger partial charge in [0, 0.05) is 54.5 Å². The third-order valence-electron chi connectivity index (χ3n) is 9.19. The molecular weight excluding hydrogens is 487 g/mol. The van der Waals surface area contributed by atoms with E-state index in [1.807, 2.05) is 0 Å². The van der Waals surface area contributed by atoms with Crippen molar-refractivity contribution < 1.29 is 32.3 Å². The molecule has 3 heterocycles. The first-order valence-corrected chi connectivity index (χ1v) is 13.4. The van der Waals surface area contributed by atoms with Crippen LogP contribution >= 0.6 is 0 Å². The molecular formula is C27H32F3N3O4. The van der Waals surface area contributed by atoms with Crippen molar-refractivity contribution >= 4 is 17.7 Å². The predicted octanol–water partition coefficient (Wildman–Crippen LogP) is 3.23. The van der Waals surface area contributed by atoms with Gasteiger partial charge in [-0.3, -0.25) is 19.7 Å². The van der Waals surface area contributed by atoms with Crippen molar-refractivity contribution in [2.45, 2.75) is 101 Å². The topological polar surface area (TPSA) is 87.7 Å². The molecule has 200 valence electrons. The molecule has 2 saturated heterocycles. The van der Waals surface area contributed by atoms with E-state index in [4.69, 9.17) is 4.74 Å². The van der Waals surface area contributed by atoms with Gasteiger partial charge >= 0.3 is 0 Å². The van der Waals surface area contributed by atoms with Crippen LogP contribution in [0.5, 0.6) is 0 Å². The van der Waals surface area contributed by atoms with Gasteiger partial charge in [-0.15, -0.1) is 0 Å². The fourth-order valence-electron chi connectivity index (χ4n) is 6.82. The number of hydrogen-bond donors (Lipinski definition) is 2. The van der Waals surface area contributed by atoms with Crippen LogP contribution in [0.3, 0.4) is 0 Å². The molecule has 3 atom stereocenters. The molecule has 5 aliphatic rings. The lowest BCUT2D eigenvalue weighted by Gasteiger charge is -2.38. The Labute approximate surface area is 213 Å². The number of carbonyl (C=O) groups is 3. The summed E-state index contributed by atoms with van der Waals surface area (Å²) in [5, 5.41) is 5.89. The predicted molar refractivity (Wildman–Crippen MR) is 126 cm³/mol. The summed E-state index contributed by atoms with van der Waals surface area (Å²) < 4.78 is 49.2. The summed E-state index contributed by atoms with van der Waals surface area (Å²) in [6, 6.07) is 2.60. The number of halogens is 3. The number of benzene rings is 1. The summed E-state index contributed by atoms with van der Waals surface area (Å²) in [5.41, 5.74) is 0.199. The Morgan fingerprint density at radius 1 is 1.11 bits per heavy atom. The van der Waals surface area contributed by atoms with Crippen LogP contribution in [0, 0.1) is 11.2 Å². The van der Waals surface area contributed by atoms with E-state index in [2.05, 4.69) is 10.6 Å². The van der Waals surface area contributed by atoms with Gasteiger partial charge in [0.05, 0.1) is 12.6 Å². The summed E-state index contributed by atoms with van der Waals surface area (Å²) in [7, 11) is 0. The minimum Gasteiger partial charge on any atom is -0.376 e. The Balaban J connectivity index is 1.12. The van der Waals surface area contributed by atoms with Crippen molar-refractivity contribution in [3.8, 4) is 0 Å². The van der Waals surface area contributed by atoms with Crippen molar-refractivity contribution in [3.63, 3.8) is 0 Å². The average molecular weight is 520 g/mol. The van der Waals surface area contributed by atoms with Gasteiger partial charge in [-0.1, -0.05) is 6.07 Å². The van der Waals surface area contributed by atoms with E-state index in [-0.39, 0.29) is 61.0 Å². The van der Waals surface area contributed by atoms with Crippen LogP contribution in [0.15, 0.2) is 12.1 Å². The van der Waals surface area contributed by atoms with Gasteiger partial charge in [-0.05, 0) is 56.6 Å². The van der Waals surface area contributed by atoms with Crippen LogP contribution in [0.25, 0.3) is 0 Å². The number of fused-ring (bicyclic) bond motifs is 1. The molecule has 1 spiro atoms. The number of rotatable bonds is 5. The number of alkyl halides is 2. The highest BCUT2D eigenvalue weighted by Crippen LogP contribution is 2.67. The highest BCUT2D eigenvalue weighted by Gasteiger charge is 2.70. The summed E-state index contributed by atoms with van der Waals surface area (Å²) in [5.74, 6) is -4.26. The van der Waals surface area contributed by atoms with Gasteiger partial charge in [0.15, 0.2) is 0 Å². The van der Waals surface area contributed by atoms with E-state index in [0.717, 1.165) is 12.8 Å². The molecule has 3 amide bonds. The number of nitrogens with zero attached hydrogens (tertiary/aromatic N) is 1. The van der Waals surface area contributed by atoms with E-state index in [1.54, 1.807) is 12.1 Å². The lowest BCUT2D eigenvalue weighted by molar-refractivity contribution is -0.136. The molecule has 6 rings (SSSR count). The maximum Gasteiger partial charge on any atom is 0.255 e.